The number of halogens is 3. The van der Waals surface area contributed by atoms with E-state index in [1.165, 1.54) is 28.8 Å². The zero-order valence-corrected chi connectivity index (χ0v) is 17.0. The summed E-state index contributed by atoms with van der Waals surface area (Å²) in [6.07, 6.45) is 0. The van der Waals surface area contributed by atoms with Gasteiger partial charge >= 0.3 is 5.97 Å². The Morgan fingerprint density at radius 2 is 1.93 bits per heavy atom. The first-order valence-electron chi connectivity index (χ1n) is 8.39. The van der Waals surface area contributed by atoms with Crippen LogP contribution in [0.15, 0.2) is 45.7 Å². The minimum atomic E-state index is -1.07. The van der Waals surface area contributed by atoms with Crippen LogP contribution >= 0.6 is 15.9 Å². The highest BCUT2D eigenvalue weighted by molar-refractivity contribution is 9.10. The van der Waals surface area contributed by atoms with Crippen LogP contribution in [0, 0.1) is 25.5 Å². The van der Waals surface area contributed by atoms with Crippen molar-refractivity contribution in [1.82, 2.24) is 9.55 Å². The molecule has 1 aromatic heterocycles. The summed E-state index contributed by atoms with van der Waals surface area (Å²) in [6.45, 7) is 3.03. The van der Waals surface area contributed by atoms with Gasteiger partial charge < -0.3 is 9.84 Å². The predicted molar refractivity (Wildman–Crippen MR) is 105 cm³/mol. The zero-order chi connectivity index (χ0) is 21.3. The Morgan fingerprint density at radius 3 is 2.55 bits per heavy atom. The standard InChI is InChI=1S/C20H15BrF2N2O4/c1-10-7-12(20(27)28)4-6-16(10)25-11(2)24-18(17(21)19(25)26)29-9-13-3-5-14(22)8-15(13)23/h3-8H,9H2,1-2H3,(H,27,28). The second kappa shape index (κ2) is 8.12. The Hall–Kier alpha value is -3.07. The largest absolute Gasteiger partial charge is 0.478 e. The van der Waals surface area contributed by atoms with Crippen molar-refractivity contribution in [3.8, 4) is 11.6 Å². The maximum atomic E-state index is 13.8. The molecule has 9 heteroatoms. The van der Waals surface area contributed by atoms with Crippen LogP contribution in [0.25, 0.3) is 5.69 Å². The van der Waals surface area contributed by atoms with Gasteiger partial charge in [-0.25, -0.2) is 13.6 Å². The third kappa shape index (κ3) is 4.19. The molecule has 3 aromatic rings. The van der Waals surface area contributed by atoms with Gasteiger partial charge in [-0.05, 0) is 65.7 Å². The average Bonchev–Trinajstić information content (AvgIpc) is 2.65. The summed E-state index contributed by atoms with van der Waals surface area (Å²) < 4.78 is 33.6. The number of carboxylic acids is 1. The van der Waals surface area contributed by atoms with Crippen LogP contribution < -0.4 is 10.3 Å². The van der Waals surface area contributed by atoms with Gasteiger partial charge in [-0.3, -0.25) is 9.36 Å². The number of aromatic nitrogens is 2. The number of aryl methyl sites for hydroxylation is 2. The zero-order valence-electron chi connectivity index (χ0n) is 15.4. The summed E-state index contributed by atoms with van der Waals surface area (Å²) in [6, 6.07) is 7.48. The van der Waals surface area contributed by atoms with Crippen molar-refractivity contribution >= 4 is 21.9 Å². The molecule has 0 unspecified atom stereocenters. The number of carbonyl (C=O) groups is 1. The molecule has 0 aliphatic carbocycles. The second-order valence-corrected chi connectivity index (χ2v) is 7.04. The van der Waals surface area contributed by atoms with Crippen molar-refractivity contribution < 1.29 is 23.4 Å². The van der Waals surface area contributed by atoms with Gasteiger partial charge in [-0.2, -0.15) is 4.98 Å². The molecule has 0 aliphatic heterocycles. The fourth-order valence-corrected chi connectivity index (χ4v) is 3.17. The SMILES string of the molecule is Cc1cc(C(=O)O)ccc1-n1c(C)nc(OCc2ccc(F)cc2F)c(Br)c1=O. The maximum Gasteiger partial charge on any atom is 0.335 e. The number of aromatic carboxylic acids is 1. The van der Waals surface area contributed by atoms with Crippen LogP contribution in [-0.4, -0.2) is 20.6 Å². The van der Waals surface area contributed by atoms with Crippen molar-refractivity contribution in [2.75, 3.05) is 0 Å². The summed E-state index contributed by atoms with van der Waals surface area (Å²) in [5, 5.41) is 9.10. The molecule has 0 bridgehead atoms. The molecule has 0 spiro atoms. The average molecular weight is 465 g/mol. The fraction of sp³-hybridized carbons (Fsp3) is 0.150. The Kier molecular flexibility index (Phi) is 5.78. The van der Waals surface area contributed by atoms with E-state index in [0.29, 0.717) is 17.1 Å². The maximum absolute atomic E-state index is 13.8. The van der Waals surface area contributed by atoms with E-state index in [-0.39, 0.29) is 28.1 Å². The van der Waals surface area contributed by atoms with Gasteiger partial charge in [0.05, 0.1) is 11.3 Å². The molecule has 1 heterocycles. The third-order valence-corrected chi connectivity index (χ3v) is 4.91. The molecule has 0 saturated carbocycles. The lowest BCUT2D eigenvalue weighted by atomic mass is 10.1. The molecule has 0 aliphatic rings. The van der Waals surface area contributed by atoms with E-state index in [4.69, 9.17) is 9.84 Å². The molecule has 0 radical (unpaired) electrons. The van der Waals surface area contributed by atoms with Crippen molar-refractivity contribution in [3.05, 3.63) is 85.4 Å². The van der Waals surface area contributed by atoms with Gasteiger partial charge in [0, 0.05) is 11.6 Å². The van der Waals surface area contributed by atoms with Gasteiger partial charge in [0.2, 0.25) is 5.88 Å². The molecule has 29 heavy (non-hydrogen) atoms. The van der Waals surface area contributed by atoms with E-state index in [2.05, 4.69) is 20.9 Å². The van der Waals surface area contributed by atoms with E-state index in [1.807, 2.05) is 0 Å². The number of hydrogen-bond acceptors (Lipinski definition) is 4. The van der Waals surface area contributed by atoms with Gasteiger partial charge in [0.1, 0.15) is 28.5 Å². The highest BCUT2D eigenvalue weighted by Crippen LogP contribution is 2.23. The summed E-state index contributed by atoms with van der Waals surface area (Å²) in [4.78, 5) is 28.2. The molecule has 0 atom stereocenters. The van der Waals surface area contributed by atoms with Gasteiger partial charge in [0.15, 0.2) is 0 Å². The van der Waals surface area contributed by atoms with Crippen LogP contribution in [0.5, 0.6) is 5.88 Å². The summed E-state index contributed by atoms with van der Waals surface area (Å²) >= 11 is 3.16. The molecular weight excluding hydrogens is 450 g/mol. The Labute approximate surface area is 172 Å². The molecule has 2 aromatic carbocycles. The first-order valence-corrected chi connectivity index (χ1v) is 9.18. The lowest BCUT2D eigenvalue weighted by Crippen LogP contribution is -2.24. The Balaban J connectivity index is 1.96. The minimum Gasteiger partial charge on any atom is -0.478 e. The van der Waals surface area contributed by atoms with Crippen LogP contribution in [0.1, 0.15) is 27.3 Å². The predicted octanol–water partition coefficient (Wildman–Crippen LogP) is 4.17. The van der Waals surface area contributed by atoms with Crippen LogP contribution in [0.2, 0.25) is 0 Å². The minimum absolute atomic E-state index is 0.0207. The summed E-state index contributed by atoms with van der Waals surface area (Å²) in [5.41, 5.74) is 0.790. The highest BCUT2D eigenvalue weighted by atomic mass is 79.9. The van der Waals surface area contributed by atoms with Crippen LogP contribution in [0.4, 0.5) is 8.78 Å². The molecule has 150 valence electrons. The number of benzene rings is 2. The van der Waals surface area contributed by atoms with Gasteiger partial charge in [-0.15, -0.1) is 0 Å². The van der Waals surface area contributed by atoms with Gasteiger partial charge in [0.25, 0.3) is 5.56 Å². The number of ether oxygens (including phenoxy) is 1. The van der Waals surface area contributed by atoms with Crippen molar-refractivity contribution in [1.29, 1.82) is 0 Å². The second-order valence-electron chi connectivity index (χ2n) is 6.25. The first-order chi connectivity index (χ1) is 13.7. The smallest absolute Gasteiger partial charge is 0.335 e. The molecule has 0 saturated heterocycles. The Bertz CT molecular complexity index is 1180. The van der Waals surface area contributed by atoms with Crippen molar-refractivity contribution in [3.63, 3.8) is 0 Å². The lowest BCUT2D eigenvalue weighted by Gasteiger charge is -2.15. The van der Waals surface area contributed by atoms with E-state index in [9.17, 15) is 18.4 Å². The molecular formula is C20H15BrF2N2O4. The van der Waals surface area contributed by atoms with E-state index in [1.54, 1.807) is 13.8 Å². The molecule has 1 N–H and O–H groups in total. The lowest BCUT2D eigenvalue weighted by molar-refractivity contribution is 0.0697. The van der Waals surface area contributed by atoms with E-state index in [0.717, 1.165) is 12.1 Å². The molecule has 0 fully saturated rings. The van der Waals surface area contributed by atoms with Crippen LogP contribution in [0.3, 0.4) is 0 Å². The third-order valence-electron chi connectivity index (χ3n) is 4.23. The van der Waals surface area contributed by atoms with Crippen molar-refractivity contribution in [2.24, 2.45) is 0 Å². The number of carboxylic acid groups (broad SMARTS) is 1. The van der Waals surface area contributed by atoms with E-state index >= 15 is 0 Å². The number of nitrogens with zero attached hydrogens (tertiary/aromatic N) is 2. The monoisotopic (exact) mass is 464 g/mol. The van der Waals surface area contributed by atoms with Crippen molar-refractivity contribution in [2.45, 2.75) is 20.5 Å². The molecule has 0 amide bonds. The van der Waals surface area contributed by atoms with E-state index < -0.39 is 23.2 Å². The Morgan fingerprint density at radius 1 is 1.21 bits per heavy atom. The molecule has 6 nitrogen and oxygen atoms in total. The number of hydrogen-bond donors (Lipinski definition) is 1. The van der Waals surface area contributed by atoms with Gasteiger partial charge in [-0.1, -0.05) is 0 Å². The normalized spacial score (nSPS) is 10.8. The summed E-state index contributed by atoms with van der Waals surface area (Å²) in [7, 11) is 0. The molecule has 3 rings (SSSR count). The topological polar surface area (TPSA) is 81.4 Å². The fourth-order valence-electron chi connectivity index (χ4n) is 2.79. The summed E-state index contributed by atoms with van der Waals surface area (Å²) in [5.74, 6) is -2.28. The highest BCUT2D eigenvalue weighted by Gasteiger charge is 2.18. The number of rotatable bonds is 5. The quantitative estimate of drug-likeness (QED) is 0.612. The van der Waals surface area contributed by atoms with Crippen LogP contribution in [-0.2, 0) is 6.61 Å². The first kappa shape index (κ1) is 20.7.